The van der Waals surface area contributed by atoms with Gasteiger partial charge in [-0.1, -0.05) is 218 Å². The van der Waals surface area contributed by atoms with Crippen LogP contribution < -0.4 is 0 Å². The van der Waals surface area contributed by atoms with Gasteiger partial charge in [-0.05, 0) is 72.8 Å². The number of aromatic nitrogens is 12. The SMILES string of the molecule is c1ccc(-c2nc(-c3ccccc3)nc(-c3ccc(-n4c5ccccc5c5cc(-c6nc(-c7ccccc7)nc(-c7ccccc7)n6)ccc54)c(-c4ccncc4-n4c5ccccc5c5cc(-c6nc(-c7ccccc7)nc(-c7ccccc7)n6)ccc54)c3)n2)cc1. The van der Waals surface area contributed by atoms with Crippen LogP contribution in [0.5, 0.6) is 0 Å². The second-order valence-electron chi connectivity index (χ2n) is 22.4. The summed E-state index contributed by atoms with van der Waals surface area (Å²) in [6, 6.07) is 99.3. The Morgan fingerprint density at radius 1 is 0.196 bits per heavy atom. The molecule has 6 aromatic heterocycles. The van der Waals surface area contributed by atoms with Crippen LogP contribution in [0.2, 0.25) is 0 Å². The van der Waals surface area contributed by atoms with Crippen molar-refractivity contribution in [1.29, 1.82) is 0 Å². The number of hydrogen-bond donors (Lipinski definition) is 0. The Hall–Kier alpha value is -12.8. The predicted octanol–water partition coefficient (Wildman–Crippen LogP) is 18.5. The van der Waals surface area contributed by atoms with Crippen LogP contribution in [-0.2, 0) is 0 Å². The maximum Gasteiger partial charge on any atom is 0.164 e. The molecule has 0 fully saturated rings. The molecule has 92 heavy (non-hydrogen) atoms. The Bertz CT molecular complexity index is 5450. The summed E-state index contributed by atoms with van der Waals surface area (Å²) in [5, 5.41) is 4.19. The van der Waals surface area contributed by atoms with E-state index in [1.165, 1.54) is 0 Å². The van der Waals surface area contributed by atoms with Crippen LogP contribution in [0.3, 0.4) is 0 Å². The van der Waals surface area contributed by atoms with E-state index < -0.39 is 0 Å². The molecule has 11 aromatic carbocycles. The number of nitrogens with zero attached hydrogens (tertiary/aromatic N) is 12. The highest BCUT2D eigenvalue weighted by Crippen LogP contribution is 2.44. The van der Waals surface area contributed by atoms with E-state index in [0.29, 0.717) is 52.4 Å². The van der Waals surface area contributed by atoms with Crippen molar-refractivity contribution >= 4 is 43.6 Å². The van der Waals surface area contributed by atoms with Crippen molar-refractivity contribution < 1.29 is 0 Å². The Morgan fingerprint density at radius 2 is 0.478 bits per heavy atom. The van der Waals surface area contributed by atoms with Gasteiger partial charge in [0.25, 0.3) is 0 Å². The molecule has 17 rings (SSSR count). The van der Waals surface area contributed by atoms with Crippen molar-refractivity contribution in [3.05, 3.63) is 304 Å². The molecule has 0 aliphatic rings. The quantitative estimate of drug-likeness (QED) is 0.116. The molecule has 430 valence electrons. The van der Waals surface area contributed by atoms with Gasteiger partial charge in [-0.15, -0.1) is 0 Å². The van der Waals surface area contributed by atoms with Crippen molar-refractivity contribution in [2.75, 3.05) is 0 Å². The number of fused-ring (bicyclic) bond motifs is 6. The third-order valence-corrected chi connectivity index (χ3v) is 16.8. The van der Waals surface area contributed by atoms with Crippen molar-refractivity contribution in [2.24, 2.45) is 0 Å². The van der Waals surface area contributed by atoms with Crippen LogP contribution in [-0.4, -0.2) is 59.0 Å². The second kappa shape index (κ2) is 22.7. The van der Waals surface area contributed by atoms with Gasteiger partial charge in [-0.3, -0.25) is 4.98 Å². The zero-order chi connectivity index (χ0) is 60.9. The van der Waals surface area contributed by atoms with Crippen LogP contribution in [0.4, 0.5) is 0 Å². The lowest BCUT2D eigenvalue weighted by Crippen LogP contribution is -2.04. The normalized spacial score (nSPS) is 11.5. The van der Waals surface area contributed by atoms with Crippen LogP contribution in [0.25, 0.3) is 169 Å². The second-order valence-corrected chi connectivity index (χ2v) is 22.4. The summed E-state index contributed by atoms with van der Waals surface area (Å²) in [6.07, 6.45) is 3.85. The van der Waals surface area contributed by atoms with Crippen LogP contribution in [0.15, 0.2) is 304 Å². The van der Waals surface area contributed by atoms with Gasteiger partial charge in [-0.25, -0.2) is 44.9 Å². The highest BCUT2D eigenvalue weighted by Gasteiger charge is 2.25. The standard InChI is InChI=1S/C80H50N12/c1-7-23-51(24-8-1)72-82-73(52-25-9-2-10-26-52)86-78(85-72)57-39-42-68-63(47-57)60-35-19-21-37-66(60)91(68)69-43-40-59(80-89-76(55-31-15-5-16-32-55)84-77(90-80)56-33-17-6-18-34-56)49-65(69)62-45-46-81-50-71(62)92-67-38-22-20-36-61(67)64-48-58(41-44-70(64)92)79-87-74(53-27-11-3-12-28-53)83-75(88-79)54-29-13-4-14-30-54/h1-50H. The fourth-order valence-corrected chi connectivity index (χ4v) is 12.4. The van der Waals surface area contributed by atoms with Crippen molar-refractivity contribution in [3.63, 3.8) is 0 Å². The molecule has 0 spiro atoms. The average Bonchev–Trinajstić information content (AvgIpc) is 1.62. The van der Waals surface area contributed by atoms with Gasteiger partial charge in [-0.2, -0.15) is 0 Å². The largest absolute Gasteiger partial charge is 0.309 e. The molecule has 0 amide bonds. The van der Waals surface area contributed by atoms with Gasteiger partial charge in [0, 0.05) is 88.9 Å². The summed E-state index contributed by atoms with van der Waals surface area (Å²) in [4.78, 5) is 51.2. The first kappa shape index (κ1) is 53.4. The third-order valence-electron chi connectivity index (χ3n) is 16.8. The molecule has 0 atom stereocenters. The van der Waals surface area contributed by atoms with E-state index in [0.717, 1.165) is 116 Å². The van der Waals surface area contributed by atoms with Crippen LogP contribution in [0, 0.1) is 0 Å². The Morgan fingerprint density at radius 3 is 0.837 bits per heavy atom. The predicted molar refractivity (Wildman–Crippen MR) is 367 cm³/mol. The summed E-state index contributed by atoms with van der Waals surface area (Å²) in [7, 11) is 0. The van der Waals surface area contributed by atoms with Crippen molar-refractivity contribution in [1.82, 2.24) is 59.0 Å². The Labute approximate surface area is 528 Å². The van der Waals surface area contributed by atoms with E-state index in [1.807, 2.05) is 194 Å². The van der Waals surface area contributed by atoms with Gasteiger partial charge in [0.15, 0.2) is 52.4 Å². The molecule has 6 heterocycles. The Balaban J connectivity index is 0.883. The summed E-state index contributed by atoms with van der Waals surface area (Å²) >= 11 is 0. The van der Waals surface area contributed by atoms with Gasteiger partial charge in [0.1, 0.15) is 0 Å². The van der Waals surface area contributed by atoms with Gasteiger partial charge < -0.3 is 9.13 Å². The van der Waals surface area contributed by atoms with Gasteiger partial charge in [0.2, 0.25) is 0 Å². The number of para-hydroxylation sites is 2. The molecule has 0 aliphatic heterocycles. The first-order valence-corrected chi connectivity index (χ1v) is 30.4. The fourth-order valence-electron chi connectivity index (χ4n) is 12.4. The molecule has 0 bridgehead atoms. The monoisotopic (exact) mass is 1180 g/mol. The highest BCUT2D eigenvalue weighted by atomic mass is 15.1. The van der Waals surface area contributed by atoms with Gasteiger partial charge >= 0.3 is 0 Å². The minimum atomic E-state index is 0.531. The summed E-state index contributed by atoms with van der Waals surface area (Å²) in [5.41, 5.74) is 15.6. The molecule has 0 N–H and O–H groups in total. The molecule has 12 nitrogen and oxygen atoms in total. The number of benzene rings is 11. The number of hydrogen-bond acceptors (Lipinski definition) is 10. The van der Waals surface area contributed by atoms with Crippen LogP contribution in [0.1, 0.15) is 0 Å². The molecule has 0 saturated heterocycles. The molecule has 12 heteroatoms. The molecular formula is C80H50N12. The van der Waals surface area contributed by atoms with Crippen molar-refractivity contribution in [2.45, 2.75) is 0 Å². The topological polar surface area (TPSA) is 139 Å². The zero-order valence-electron chi connectivity index (χ0n) is 49.2. The average molecular weight is 1180 g/mol. The lowest BCUT2D eigenvalue weighted by molar-refractivity contribution is 1.07. The Kier molecular flexibility index (Phi) is 13.2. The van der Waals surface area contributed by atoms with E-state index in [2.05, 4.69) is 118 Å². The highest BCUT2D eigenvalue weighted by molar-refractivity contribution is 6.13. The van der Waals surface area contributed by atoms with E-state index in [-0.39, 0.29) is 0 Å². The smallest absolute Gasteiger partial charge is 0.164 e. The fraction of sp³-hybridized carbons (Fsp3) is 0. The van der Waals surface area contributed by atoms with Gasteiger partial charge in [0.05, 0.1) is 39.6 Å². The first-order valence-electron chi connectivity index (χ1n) is 30.4. The number of rotatable bonds is 12. The van der Waals surface area contributed by atoms with E-state index >= 15 is 0 Å². The first-order chi connectivity index (χ1) is 45.6. The van der Waals surface area contributed by atoms with E-state index in [9.17, 15) is 0 Å². The minimum Gasteiger partial charge on any atom is -0.309 e. The minimum absolute atomic E-state index is 0.531. The van der Waals surface area contributed by atoms with E-state index in [1.54, 1.807) is 0 Å². The summed E-state index contributed by atoms with van der Waals surface area (Å²) < 4.78 is 4.70. The molecular weight excluding hydrogens is 1130 g/mol. The number of pyridine rings is 1. The maximum atomic E-state index is 5.27. The molecule has 0 saturated carbocycles. The van der Waals surface area contributed by atoms with E-state index in [4.69, 9.17) is 49.8 Å². The molecule has 17 aromatic rings. The lowest BCUT2D eigenvalue weighted by atomic mass is 9.99. The zero-order valence-corrected chi connectivity index (χ0v) is 49.2. The third kappa shape index (κ3) is 9.68. The molecule has 0 radical (unpaired) electrons. The summed E-state index contributed by atoms with van der Waals surface area (Å²) in [5.74, 6) is 5.22. The maximum absolute atomic E-state index is 5.27. The lowest BCUT2D eigenvalue weighted by Gasteiger charge is -2.19. The van der Waals surface area contributed by atoms with Crippen LogP contribution >= 0.6 is 0 Å². The van der Waals surface area contributed by atoms with Crippen molar-refractivity contribution in [3.8, 4) is 125 Å². The molecule has 0 aliphatic carbocycles. The summed E-state index contributed by atoms with van der Waals surface area (Å²) in [6.45, 7) is 0. The molecule has 0 unspecified atom stereocenters.